The predicted octanol–water partition coefficient (Wildman–Crippen LogP) is -0.147. The molecule has 2 rings (SSSR count). The molecule has 1 aromatic rings. The summed E-state index contributed by atoms with van der Waals surface area (Å²) in [6.45, 7) is 3.59. The molecule has 120 valence electrons. The van der Waals surface area contributed by atoms with Crippen molar-refractivity contribution in [3.63, 3.8) is 0 Å². The highest BCUT2D eigenvalue weighted by atomic mass is 32.2. The molecule has 1 unspecified atom stereocenters. The van der Waals surface area contributed by atoms with E-state index in [0.717, 1.165) is 12.2 Å². The second-order valence-electron chi connectivity index (χ2n) is 5.80. The molecular weight excluding hydrogens is 292 g/mol. The van der Waals surface area contributed by atoms with Gasteiger partial charge in [0.05, 0.1) is 31.7 Å². The van der Waals surface area contributed by atoms with Crippen molar-refractivity contribution < 1.29 is 13.2 Å². The zero-order chi connectivity index (χ0) is 15.5. The van der Waals surface area contributed by atoms with Gasteiger partial charge in [0.1, 0.15) is 0 Å². The molecule has 7 nitrogen and oxygen atoms in total. The number of aromatic nitrogens is 2. The average Bonchev–Trinajstić information content (AvgIpc) is 2.71. The van der Waals surface area contributed by atoms with Crippen LogP contribution >= 0.6 is 0 Å². The molecule has 8 heteroatoms. The molecule has 21 heavy (non-hydrogen) atoms. The van der Waals surface area contributed by atoms with Gasteiger partial charge in [0.25, 0.3) is 0 Å². The first-order valence-corrected chi connectivity index (χ1v) is 8.89. The Morgan fingerprint density at radius 3 is 2.86 bits per heavy atom. The van der Waals surface area contributed by atoms with Crippen LogP contribution in [0.15, 0.2) is 12.3 Å². The minimum absolute atomic E-state index is 0.114. The Kier molecular flexibility index (Phi) is 5.37. The maximum atomic E-state index is 11.9. The first kappa shape index (κ1) is 16.4. The van der Waals surface area contributed by atoms with Crippen molar-refractivity contribution >= 4 is 10.0 Å². The summed E-state index contributed by atoms with van der Waals surface area (Å²) in [4.78, 5) is 2.06. The van der Waals surface area contributed by atoms with Crippen molar-refractivity contribution in [2.24, 2.45) is 5.92 Å². The minimum atomic E-state index is -3.22. The second kappa shape index (κ2) is 6.87. The maximum absolute atomic E-state index is 11.9. The van der Waals surface area contributed by atoms with Gasteiger partial charge >= 0.3 is 0 Å². The number of sulfonamides is 1. The number of ether oxygens (including phenoxy) is 1. The van der Waals surface area contributed by atoms with Crippen LogP contribution in [-0.2, 0) is 27.8 Å². The highest BCUT2D eigenvalue weighted by Crippen LogP contribution is 2.18. The lowest BCUT2D eigenvalue weighted by Gasteiger charge is -2.22. The van der Waals surface area contributed by atoms with Gasteiger partial charge in [-0.2, -0.15) is 9.40 Å². The Labute approximate surface area is 126 Å². The monoisotopic (exact) mass is 316 g/mol. The molecule has 1 aromatic heterocycles. The second-order valence-corrected chi connectivity index (χ2v) is 7.79. The summed E-state index contributed by atoms with van der Waals surface area (Å²) in [6.07, 6.45) is 2.97. The third-order valence-electron chi connectivity index (χ3n) is 3.54. The molecule has 0 aromatic carbocycles. The largest absolute Gasteiger partial charge is 0.380 e. The summed E-state index contributed by atoms with van der Waals surface area (Å²) < 4.78 is 32.8. The van der Waals surface area contributed by atoms with Crippen molar-refractivity contribution in [2.45, 2.75) is 13.1 Å². The van der Waals surface area contributed by atoms with Gasteiger partial charge in [-0.3, -0.25) is 4.68 Å². The van der Waals surface area contributed by atoms with Gasteiger partial charge in [-0.25, -0.2) is 8.42 Å². The number of likely N-dealkylation sites (N-methyl/N-ethyl adjacent to an activating group) is 1. The number of hydrogen-bond acceptors (Lipinski definition) is 5. The van der Waals surface area contributed by atoms with E-state index in [0.29, 0.717) is 32.8 Å². The number of rotatable bonds is 6. The van der Waals surface area contributed by atoms with E-state index in [1.807, 2.05) is 24.8 Å². The first-order valence-electron chi connectivity index (χ1n) is 7.04. The molecule has 1 aliphatic rings. The van der Waals surface area contributed by atoms with E-state index in [4.69, 9.17) is 4.74 Å². The third kappa shape index (κ3) is 4.77. The molecular formula is C13H24N4O3S. The molecule has 0 saturated heterocycles. The molecule has 0 radical (unpaired) electrons. The van der Waals surface area contributed by atoms with Gasteiger partial charge in [-0.15, -0.1) is 0 Å². The van der Waals surface area contributed by atoms with Crippen molar-refractivity contribution in [1.82, 2.24) is 19.0 Å². The maximum Gasteiger partial charge on any atom is 0.211 e. The molecule has 2 heterocycles. The summed E-state index contributed by atoms with van der Waals surface area (Å²) >= 11 is 0. The van der Waals surface area contributed by atoms with Crippen molar-refractivity contribution in [1.29, 1.82) is 0 Å². The van der Waals surface area contributed by atoms with Crippen LogP contribution in [0.25, 0.3) is 0 Å². The van der Waals surface area contributed by atoms with E-state index in [2.05, 4.69) is 10.00 Å². The summed E-state index contributed by atoms with van der Waals surface area (Å²) in [7, 11) is 0.775. The number of hydrogen-bond donors (Lipinski definition) is 0. The van der Waals surface area contributed by atoms with Crippen LogP contribution < -0.4 is 0 Å². The van der Waals surface area contributed by atoms with Crippen LogP contribution in [0, 0.1) is 5.92 Å². The molecule has 0 saturated carbocycles. The SMILES string of the molecule is CN(C)CCOCC1CN(S(C)(=O)=O)Cc2ccnn2C1. The fourth-order valence-electron chi connectivity index (χ4n) is 2.35. The molecule has 0 aliphatic carbocycles. The van der Waals surface area contributed by atoms with Crippen molar-refractivity contribution in [3.05, 3.63) is 18.0 Å². The van der Waals surface area contributed by atoms with E-state index in [1.54, 1.807) is 6.20 Å². The zero-order valence-electron chi connectivity index (χ0n) is 12.9. The van der Waals surface area contributed by atoms with Gasteiger partial charge in [-0.1, -0.05) is 0 Å². The van der Waals surface area contributed by atoms with Crippen molar-refractivity contribution in [2.75, 3.05) is 46.7 Å². The van der Waals surface area contributed by atoms with Gasteiger partial charge in [-0.05, 0) is 20.2 Å². The Hall–Kier alpha value is -0.960. The smallest absolute Gasteiger partial charge is 0.211 e. The highest BCUT2D eigenvalue weighted by Gasteiger charge is 2.27. The average molecular weight is 316 g/mol. The summed E-state index contributed by atoms with van der Waals surface area (Å²) in [5.41, 5.74) is 0.927. The van der Waals surface area contributed by atoms with Crippen LogP contribution in [0.3, 0.4) is 0 Å². The zero-order valence-corrected chi connectivity index (χ0v) is 13.7. The van der Waals surface area contributed by atoms with Crippen LogP contribution in [0.2, 0.25) is 0 Å². The van der Waals surface area contributed by atoms with Crippen LogP contribution in [-0.4, -0.2) is 74.1 Å². The summed E-state index contributed by atoms with van der Waals surface area (Å²) in [5.74, 6) is 0.114. The highest BCUT2D eigenvalue weighted by molar-refractivity contribution is 7.88. The van der Waals surface area contributed by atoms with E-state index in [-0.39, 0.29) is 5.92 Å². The van der Waals surface area contributed by atoms with Gasteiger partial charge in [0, 0.05) is 31.7 Å². The van der Waals surface area contributed by atoms with E-state index in [1.165, 1.54) is 10.6 Å². The van der Waals surface area contributed by atoms with Crippen LogP contribution in [0.5, 0.6) is 0 Å². The van der Waals surface area contributed by atoms with E-state index in [9.17, 15) is 8.42 Å². The summed E-state index contributed by atoms with van der Waals surface area (Å²) in [5, 5.41) is 4.27. The lowest BCUT2D eigenvalue weighted by Crippen LogP contribution is -2.34. The minimum Gasteiger partial charge on any atom is -0.380 e. The van der Waals surface area contributed by atoms with Gasteiger partial charge in [0.15, 0.2) is 0 Å². The molecule has 0 N–H and O–H groups in total. The Balaban J connectivity index is 2.01. The molecule has 0 fully saturated rings. The first-order chi connectivity index (χ1) is 9.86. The van der Waals surface area contributed by atoms with Crippen LogP contribution in [0.1, 0.15) is 5.69 Å². The molecule has 0 amide bonds. The van der Waals surface area contributed by atoms with Crippen molar-refractivity contribution in [3.8, 4) is 0 Å². The lowest BCUT2D eigenvalue weighted by atomic mass is 10.1. The Morgan fingerprint density at radius 2 is 2.19 bits per heavy atom. The molecule has 1 atom stereocenters. The van der Waals surface area contributed by atoms with E-state index >= 15 is 0 Å². The quantitative estimate of drug-likeness (QED) is 0.683. The number of fused-ring (bicyclic) bond motifs is 1. The standard InChI is InChI=1S/C13H24N4O3S/c1-15(2)6-7-20-11-12-8-16(21(3,18)19)10-13-4-5-14-17(13)9-12/h4-5,12H,6-11H2,1-3H3. The fourth-order valence-corrected chi connectivity index (χ4v) is 3.20. The molecule has 1 aliphatic heterocycles. The topological polar surface area (TPSA) is 67.7 Å². The van der Waals surface area contributed by atoms with E-state index < -0.39 is 10.0 Å². The van der Waals surface area contributed by atoms with Gasteiger partial charge in [0.2, 0.25) is 10.0 Å². The Morgan fingerprint density at radius 1 is 1.43 bits per heavy atom. The number of nitrogens with zero attached hydrogens (tertiary/aromatic N) is 4. The van der Waals surface area contributed by atoms with Gasteiger partial charge < -0.3 is 9.64 Å². The lowest BCUT2D eigenvalue weighted by molar-refractivity contribution is 0.0767. The predicted molar refractivity (Wildman–Crippen MR) is 80.3 cm³/mol. The summed E-state index contributed by atoms with van der Waals surface area (Å²) in [6, 6.07) is 1.87. The molecule has 0 spiro atoms. The molecule has 0 bridgehead atoms. The Bertz CT molecular complexity index is 556. The third-order valence-corrected chi connectivity index (χ3v) is 4.76. The normalized spacial score (nSPS) is 20.5. The van der Waals surface area contributed by atoms with Crippen LogP contribution in [0.4, 0.5) is 0 Å². The fraction of sp³-hybridized carbons (Fsp3) is 0.769.